The van der Waals surface area contributed by atoms with Gasteiger partial charge in [0.25, 0.3) is 0 Å². The summed E-state index contributed by atoms with van der Waals surface area (Å²) in [5, 5.41) is 10.7. The van der Waals surface area contributed by atoms with Crippen molar-refractivity contribution >= 4 is 41.0 Å². The lowest BCUT2D eigenvalue weighted by atomic mass is 10.2. The second kappa shape index (κ2) is 10.0. The van der Waals surface area contributed by atoms with Crippen LogP contribution in [-0.4, -0.2) is 31.7 Å². The minimum absolute atomic E-state index is 0.0847. The van der Waals surface area contributed by atoms with Gasteiger partial charge in [-0.2, -0.15) is 5.26 Å². The van der Waals surface area contributed by atoms with Crippen molar-refractivity contribution in [2.75, 3.05) is 24.7 Å². The third kappa shape index (κ3) is 5.28. The third-order valence-electron chi connectivity index (χ3n) is 3.66. The number of hydrogen-bond acceptors (Lipinski definition) is 7. The Kier molecular flexibility index (Phi) is 7.77. The Hall–Kier alpha value is -2.43. The van der Waals surface area contributed by atoms with E-state index in [-0.39, 0.29) is 18.8 Å². The second-order valence-corrected chi connectivity index (χ2v) is 6.99. The minimum atomic E-state index is -0.755. The van der Waals surface area contributed by atoms with Crippen LogP contribution in [0.3, 0.4) is 0 Å². The van der Waals surface area contributed by atoms with Crippen LogP contribution in [0, 0.1) is 11.3 Å². The number of halogens is 1. The Morgan fingerprint density at radius 1 is 1.37 bits per heavy atom. The number of fused-ring (bicyclic) bond motifs is 1. The number of carbonyl (C=O) groups is 2. The molecule has 1 heterocycles. The highest BCUT2D eigenvalue weighted by Crippen LogP contribution is 2.48. The Morgan fingerprint density at radius 2 is 2.11 bits per heavy atom. The summed E-state index contributed by atoms with van der Waals surface area (Å²) in [5.41, 5.74) is 0.826. The number of benzene rings is 1. The van der Waals surface area contributed by atoms with Gasteiger partial charge in [0.15, 0.2) is 5.57 Å². The van der Waals surface area contributed by atoms with E-state index in [1.165, 1.54) is 11.8 Å². The molecule has 0 atom stereocenters. The van der Waals surface area contributed by atoms with E-state index in [1.807, 2.05) is 23.1 Å². The number of carbonyl (C=O) groups excluding carboxylic acids is 2. The van der Waals surface area contributed by atoms with E-state index in [9.17, 15) is 14.9 Å². The quantitative estimate of drug-likeness (QED) is 0.278. The molecule has 1 aromatic carbocycles. The van der Waals surface area contributed by atoms with Crippen molar-refractivity contribution in [1.82, 2.24) is 0 Å². The highest BCUT2D eigenvalue weighted by atomic mass is 35.5. The molecule has 6 nitrogen and oxygen atoms in total. The maximum Gasteiger partial charge on any atom is 0.351 e. The maximum absolute atomic E-state index is 12.4. The summed E-state index contributed by atoms with van der Waals surface area (Å²) in [4.78, 5) is 26.2. The first-order valence-electron chi connectivity index (χ1n) is 8.37. The smallest absolute Gasteiger partial charge is 0.351 e. The van der Waals surface area contributed by atoms with Gasteiger partial charge in [0, 0.05) is 22.5 Å². The number of anilines is 1. The van der Waals surface area contributed by atoms with Crippen LogP contribution in [0.4, 0.5) is 5.69 Å². The summed E-state index contributed by atoms with van der Waals surface area (Å²) < 4.78 is 9.84. The zero-order valence-electron chi connectivity index (χ0n) is 14.9. The molecule has 142 valence electrons. The predicted octanol–water partition coefficient (Wildman–Crippen LogP) is 4.06. The van der Waals surface area contributed by atoms with E-state index in [2.05, 4.69) is 13.5 Å². The SMILES string of the molecule is C=CC(=O)OCCOC(=O)C(C#N)=C1Sc2cc(Cl)ccc2N1CCCC. The Bertz CT molecular complexity index is 816. The number of hydrogen-bond donors (Lipinski definition) is 0. The largest absolute Gasteiger partial charge is 0.459 e. The first-order chi connectivity index (χ1) is 13.0. The lowest BCUT2D eigenvalue weighted by Gasteiger charge is -2.21. The molecule has 0 N–H and O–H groups in total. The van der Waals surface area contributed by atoms with Gasteiger partial charge in [-0.15, -0.1) is 0 Å². The molecule has 0 amide bonds. The van der Waals surface area contributed by atoms with E-state index in [0.29, 0.717) is 16.6 Å². The van der Waals surface area contributed by atoms with Gasteiger partial charge in [-0.05, 0) is 24.6 Å². The minimum Gasteiger partial charge on any atom is -0.459 e. The molecule has 1 aliphatic heterocycles. The normalized spacial score (nSPS) is 14.2. The zero-order valence-corrected chi connectivity index (χ0v) is 16.4. The number of rotatable bonds is 8. The van der Waals surface area contributed by atoms with Crippen LogP contribution in [0.5, 0.6) is 0 Å². The van der Waals surface area contributed by atoms with Gasteiger partial charge in [0.05, 0.1) is 5.69 Å². The number of ether oxygens (including phenoxy) is 2. The van der Waals surface area contributed by atoms with Crippen molar-refractivity contribution in [3.63, 3.8) is 0 Å². The van der Waals surface area contributed by atoms with Crippen LogP contribution in [0.1, 0.15) is 19.8 Å². The first-order valence-corrected chi connectivity index (χ1v) is 9.56. The lowest BCUT2D eigenvalue weighted by molar-refractivity contribution is -0.146. The van der Waals surface area contributed by atoms with E-state index in [4.69, 9.17) is 21.1 Å². The average molecular weight is 407 g/mol. The van der Waals surface area contributed by atoms with Gasteiger partial charge in [-0.25, -0.2) is 9.59 Å². The fourth-order valence-electron chi connectivity index (χ4n) is 2.37. The molecule has 0 saturated heterocycles. The van der Waals surface area contributed by atoms with Crippen LogP contribution in [0.25, 0.3) is 0 Å². The van der Waals surface area contributed by atoms with Crippen molar-refractivity contribution < 1.29 is 19.1 Å². The molecule has 0 radical (unpaired) electrons. The van der Waals surface area contributed by atoms with Gasteiger partial charge in [0.2, 0.25) is 0 Å². The highest BCUT2D eigenvalue weighted by Gasteiger charge is 2.31. The summed E-state index contributed by atoms with van der Waals surface area (Å²) in [6.07, 6.45) is 2.89. The third-order valence-corrected chi connectivity index (χ3v) is 5.06. The molecule has 1 aromatic rings. The molecule has 8 heteroatoms. The monoisotopic (exact) mass is 406 g/mol. The molecule has 2 rings (SSSR count). The molecule has 1 aliphatic rings. The second-order valence-electron chi connectivity index (χ2n) is 5.52. The van der Waals surface area contributed by atoms with Crippen LogP contribution in [0.2, 0.25) is 5.02 Å². The topological polar surface area (TPSA) is 79.6 Å². The van der Waals surface area contributed by atoms with Gasteiger partial charge in [0.1, 0.15) is 24.3 Å². The predicted molar refractivity (Wildman–Crippen MR) is 104 cm³/mol. The number of nitrogens with zero attached hydrogens (tertiary/aromatic N) is 2. The van der Waals surface area contributed by atoms with Gasteiger partial charge in [-0.1, -0.05) is 43.3 Å². The summed E-state index contributed by atoms with van der Waals surface area (Å²) in [7, 11) is 0. The van der Waals surface area contributed by atoms with Crippen molar-refractivity contribution in [3.05, 3.63) is 46.5 Å². The zero-order chi connectivity index (χ0) is 19.8. The highest BCUT2D eigenvalue weighted by molar-refractivity contribution is 8.03. The van der Waals surface area contributed by atoms with E-state index in [0.717, 1.165) is 29.5 Å². The van der Waals surface area contributed by atoms with Crippen molar-refractivity contribution in [1.29, 1.82) is 5.26 Å². The number of nitriles is 1. The standard InChI is InChI=1S/C19H19ClN2O4S/c1-3-5-8-22-15-7-6-13(20)11-16(15)27-18(22)14(12-21)19(24)26-10-9-25-17(23)4-2/h4,6-7,11H,2-3,5,8-10H2,1H3. The summed E-state index contributed by atoms with van der Waals surface area (Å²) in [6, 6.07) is 7.41. The van der Waals surface area contributed by atoms with Crippen LogP contribution in [-0.2, 0) is 19.1 Å². The Labute approximate surface area is 167 Å². The molecule has 0 aromatic heterocycles. The van der Waals surface area contributed by atoms with E-state index in [1.54, 1.807) is 6.07 Å². The molecule has 0 bridgehead atoms. The van der Waals surface area contributed by atoms with E-state index >= 15 is 0 Å². The molecule has 0 spiro atoms. The first kappa shape index (κ1) is 20.9. The molecule has 0 saturated carbocycles. The number of thioether (sulfide) groups is 1. The lowest BCUT2D eigenvalue weighted by Crippen LogP contribution is -2.23. The fourth-order valence-corrected chi connectivity index (χ4v) is 3.82. The average Bonchev–Trinajstić information content (AvgIpc) is 3.00. The Balaban J connectivity index is 2.19. The van der Waals surface area contributed by atoms with Crippen molar-refractivity contribution in [2.45, 2.75) is 24.7 Å². The molecule has 0 aliphatic carbocycles. The van der Waals surface area contributed by atoms with Crippen LogP contribution in [0.15, 0.2) is 46.4 Å². The van der Waals surface area contributed by atoms with Crippen molar-refractivity contribution in [2.24, 2.45) is 0 Å². The van der Waals surface area contributed by atoms with Crippen LogP contribution >= 0.6 is 23.4 Å². The summed E-state index contributed by atoms with van der Waals surface area (Å²) >= 11 is 7.38. The molecule has 27 heavy (non-hydrogen) atoms. The summed E-state index contributed by atoms with van der Waals surface area (Å²) in [5.74, 6) is -1.36. The maximum atomic E-state index is 12.4. The van der Waals surface area contributed by atoms with Crippen molar-refractivity contribution in [3.8, 4) is 6.07 Å². The summed E-state index contributed by atoms with van der Waals surface area (Å²) in [6.45, 7) is 5.77. The molecular weight excluding hydrogens is 388 g/mol. The molecule has 0 fully saturated rings. The molecule has 0 unspecified atom stereocenters. The fraction of sp³-hybridized carbons (Fsp3) is 0.316. The number of esters is 2. The Morgan fingerprint density at radius 3 is 2.78 bits per heavy atom. The van der Waals surface area contributed by atoms with Gasteiger partial charge >= 0.3 is 11.9 Å². The number of unbranched alkanes of at least 4 members (excludes halogenated alkanes) is 1. The van der Waals surface area contributed by atoms with Crippen LogP contribution < -0.4 is 4.90 Å². The van der Waals surface area contributed by atoms with Gasteiger partial charge < -0.3 is 14.4 Å². The molecular formula is C19H19ClN2O4S. The van der Waals surface area contributed by atoms with Gasteiger partial charge in [-0.3, -0.25) is 0 Å². The van der Waals surface area contributed by atoms with E-state index < -0.39 is 11.9 Å².